The molecule has 0 unspecified atom stereocenters. The van der Waals surface area contributed by atoms with Crippen LogP contribution in [0.3, 0.4) is 0 Å². The van der Waals surface area contributed by atoms with E-state index in [9.17, 15) is 4.79 Å². The predicted molar refractivity (Wildman–Crippen MR) is 78.2 cm³/mol. The van der Waals surface area contributed by atoms with E-state index in [1.165, 1.54) is 0 Å². The molecule has 0 amide bonds. The molecule has 92 valence electrons. The van der Waals surface area contributed by atoms with E-state index in [0.29, 0.717) is 6.42 Å². The van der Waals surface area contributed by atoms with Crippen LogP contribution in [-0.2, 0) is 6.42 Å². The Bertz CT molecular complexity index is 531. The summed E-state index contributed by atoms with van der Waals surface area (Å²) in [6, 6.07) is 15.1. The van der Waals surface area contributed by atoms with Crippen LogP contribution in [0.25, 0.3) is 0 Å². The van der Waals surface area contributed by atoms with Crippen molar-refractivity contribution in [1.29, 1.82) is 0 Å². The zero-order chi connectivity index (χ0) is 13.0. The number of benzene rings is 2. The van der Waals surface area contributed by atoms with Crippen LogP contribution < -0.4 is 0 Å². The van der Waals surface area contributed by atoms with Crippen LogP contribution in [0.4, 0.5) is 0 Å². The predicted octanol–water partition coefficient (Wildman–Crippen LogP) is 4.92. The molecule has 0 saturated heterocycles. The van der Waals surface area contributed by atoms with Gasteiger partial charge < -0.3 is 0 Å². The van der Waals surface area contributed by atoms with Crippen LogP contribution in [0.1, 0.15) is 22.3 Å². The molecule has 0 aromatic heterocycles. The number of rotatable bonds is 4. The average molecular weight is 324 g/mol. The monoisotopic (exact) mass is 322 g/mol. The Morgan fingerprint density at radius 3 is 2.22 bits per heavy atom. The van der Waals surface area contributed by atoms with Crippen molar-refractivity contribution in [2.75, 3.05) is 0 Å². The van der Waals surface area contributed by atoms with Gasteiger partial charge in [-0.2, -0.15) is 0 Å². The minimum Gasteiger partial charge on any atom is -0.294 e. The summed E-state index contributed by atoms with van der Waals surface area (Å²) >= 11 is 9.17. The van der Waals surface area contributed by atoms with E-state index in [4.69, 9.17) is 11.6 Å². The molecular formula is C15H12BrClO. The first-order valence-corrected chi connectivity index (χ1v) is 6.85. The van der Waals surface area contributed by atoms with Crippen molar-refractivity contribution < 1.29 is 4.79 Å². The summed E-state index contributed by atoms with van der Waals surface area (Å²) in [4.78, 5) is 12.0. The van der Waals surface area contributed by atoms with Crippen LogP contribution in [0.15, 0.2) is 53.0 Å². The normalized spacial score (nSPS) is 10.3. The number of carbonyl (C=O) groups excluding carboxylic acids is 1. The van der Waals surface area contributed by atoms with Gasteiger partial charge in [-0.05, 0) is 36.2 Å². The summed E-state index contributed by atoms with van der Waals surface area (Å²) in [5, 5.41) is 0.720. The molecule has 0 saturated carbocycles. The highest BCUT2D eigenvalue weighted by Crippen LogP contribution is 2.14. The summed E-state index contributed by atoms with van der Waals surface area (Å²) < 4.78 is 0.983. The largest absolute Gasteiger partial charge is 0.294 e. The molecule has 0 aliphatic carbocycles. The Labute approximate surface area is 120 Å². The lowest BCUT2D eigenvalue weighted by Crippen LogP contribution is -2.00. The first kappa shape index (κ1) is 13.3. The maximum atomic E-state index is 12.0. The van der Waals surface area contributed by atoms with E-state index in [-0.39, 0.29) is 5.78 Å². The lowest BCUT2D eigenvalue weighted by Gasteiger charge is -2.02. The van der Waals surface area contributed by atoms with Gasteiger partial charge in [-0.1, -0.05) is 51.8 Å². The Balaban J connectivity index is 1.96. The topological polar surface area (TPSA) is 17.1 Å². The van der Waals surface area contributed by atoms with Gasteiger partial charge in [0.15, 0.2) is 5.78 Å². The Hall–Kier alpha value is -1.12. The highest BCUT2D eigenvalue weighted by Gasteiger charge is 2.05. The van der Waals surface area contributed by atoms with Crippen molar-refractivity contribution in [2.24, 2.45) is 0 Å². The Morgan fingerprint density at radius 2 is 1.61 bits per heavy atom. The van der Waals surface area contributed by atoms with E-state index in [1.54, 1.807) is 0 Å². The molecule has 18 heavy (non-hydrogen) atoms. The molecular weight excluding hydrogens is 312 g/mol. The van der Waals surface area contributed by atoms with Crippen LogP contribution >= 0.6 is 27.5 Å². The first-order valence-electron chi connectivity index (χ1n) is 5.68. The first-order chi connectivity index (χ1) is 8.65. The summed E-state index contributed by atoms with van der Waals surface area (Å²) in [6.45, 7) is 0. The standard InChI is InChI=1S/C15H12BrClO/c16-13-6-4-12(5-7-13)15(18)10-3-11-1-8-14(17)9-2-11/h1-2,4-9H,3,10H2. The highest BCUT2D eigenvalue weighted by atomic mass is 79.9. The van der Waals surface area contributed by atoms with Gasteiger partial charge in [0.25, 0.3) is 0 Å². The molecule has 0 aliphatic heterocycles. The second kappa shape index (κ2) is 6.17. The zero-order valence-electron chi connectivity index (χ0n) is 9.70. The third-order valence-corrected chi connectivity index (χ3v) is 3.50. The van der Waals surface area contributed by atoms with Crippen LogP contribution in [0.2, 0.25) is 5.02 Å². The van der Waals surface area contributed by atoms with E-state index in [1.807, 2.05) is 48.5 Å². The summed E-state index contributed by atoms with van der Waals surface area (Å²) in [5.74, 6) is 0.164. The van der Waals surface area contributed by atoms with Crippen molar-refractivity contribution in [2.45, 2.75) is 12.8 Å². The zero-order valence-corrected chi connectivity index (χ0v) is 12.0. The van der Waals surface area contributed by atoms with Gasteiger partial charge in [0.2, 0.25) is 0 Å². The van der Waals surface area contributed by atoms with Crippen LogP contribution in [0.5, 0.6) is 0 Å². The van der Waals surface area contributed by atoms with Crippen molar-refractivity contribution >= 4 is 33.3 Å². The maximum absolute atomic E-state index is 12.0. The number of carbonyl (C=O) groups is 1. The lowest BCUT2D eigenvalue weighted by atomic mass is 10.0. The fraction of sp³-hybridized carbons (Fsp3) is 0.133. The fourth-order valence-corrected chi connectivity index (χ4v) is 2.08. The molecule has 0 heterocycles. The van der Waals surface area contributed by atoms with E-state index in [0.717, 1.165) is 27.0 Å². The molecule has 0 N–H and O–H groups in total. The minimum atomic E-state index is 0.164. The quantitative estimate of drug-likeness (QED) is 0.730. The molecule has 2 aromatic carbocycles. The highest BCUT2D eigenvalue weighted by molar-refractivity contribution is 9.10. The van der Waals surface area contributed by atoms with Gasteiger partial charge in [-0.25, -0.2) is 0 Å². The van der Waals surface area contributed by atoms with Gasteiger partial charge >= 0.3 is 0 Å². The fourth-order valence-electron chi connectivity index (χ4n) is 1.69. The van der Waals surface area contributed by atoms with Gasteiger partial charge in [-0.3, -0.25) is 4.79 Å². The Morgan fingerprint density at radius 1 is 1.00 bits per heavy atom. The molecule has 0 spiro atoms. The molecule has 3 heteroatoms. The van der Waals surface area contributed by atoms with Gasteiger partial charge in [0, 0.05) is 21.5 Å². The van der Waals surface area contributed by atoms with Gasteiger partial charge in [0.05, 0.1) is 0 Å². The number of halogens is 2. The molecule has 0 bridgehead atoms. The molecule has 2 rings (SSSR count). The third-order valence-electron chi connectivity index (χ3n) is 2.72. The third kappa shape index (κ3) is 3.69. The second-order valence-electron chi connectivity index (χ2n) is 4.06. The SMILES string of the molecule is O=C(CCc1ccc(Cl)cc1)c1ccc(Br)cc1. The molecule has 0 aliphatic rings. The lowest BCUT2D eigenvalue weighted by molar-refractivity contribution is 0.0983. The molecule has 1 nitrogen and oxygen atoms in total. The van der Waals surface area contributed by atoms with Crippen LogP contribution in [-0.4, -0.2) is 5.78 Å². The van der Waals surface area contributed by atoms with Crippen molar-refractivity contribution in [1.82, 2.24) is 0 Å². The van der Waals surface area contributed by atoms with Crippen molar-refractivity contribution in [3.63, 3.8) is 0 Å². The molecule has 0 fully saturated rings. The Kier molecular flexibility index (Phi) is 4.56. The summed E-state index contributed by atoms with van der Waals surface area (Å²) in [6.07, 6.45) is 1.26. The van der Waals surface area contributed by atoms with Gasteiger partial charge in [0.1, 0.15) is 0 Å². The molecule has 0 radical (unpaired) electrons. The van der Waals surface area contributed by atoms with Crippen molar-refractivity contribution in [3.8, 4) is 0 Å². The average Bonchev–Trinajstić information content (AvgIpc) is 2.38. The number of hydrogen-bond acceptors (Lipinski definition) is 1. The van der Waals surface area contributed by atoms with E-state index < -0.39 is 0 Å². The number of ketones is 1. The number of Topliss-reactive ketones (excluding diaryl/α,β-unsaturated/α-hetero) is 1. The summed E-state index contributed by atoms with van der Waals surface area (Å²) in [7, 11) is 0. The van der Waals surface area contributed by atoms with Crippen LogP contribution in [0, 0.1) is 0 Å². The second-order valence-corrected chi connectivity index (χ2v) is 5.41. The molecule has 2 aromatic rings. The maximum Gasteiger partial charge on any atom is 0.163 e. The number of hydrogen-bond donors (Lipinski definition) is 0. The van der Waals surface area contributed by atoms with Gasteiger partial charge in [-0.15, -0.1) is 0 Å². The van der Waals surface area contributed by atoms with E-state index >= 15 is 0 Å². The number of aryl methyl sites for hydroxylation is 1. The minimum absolute atomic E-state index is 0.164. The van der Waals surface area contributed by atoms with Crippen molar-refractivity contribution in [3.05, 3.63) is 69.2 Å². The smallest absolute Gasteiger partial charge is 0.163 e. The molecule has 0 atom stereocenters. The summed E-state index contributed by atoms with van der Waals surface area (Å²) in [5.41, 5.74) is 1.89. The van der Waals surface area contributed by atoms with E-state index in [2.05, 4.69) is 15.9 Å².